The number of anilines is 2. The fraction of sp³-hybridized carbons (Fsp3) is 0.234. The predicted octanol–water partition coefficient (Wildman–Crippen LogP) is 6.43. The molecule has 0 unspecified atom stereocenters. The molecule has 4 rings (SSSR count). The van der Waals surface area contributed by atoms with Gasteiger partial charge in [-0.15, -0.1) is 38.5 Å². The summed E-state index contributed by atoms with van der Waals surface area (Å²) in [5, 5.41) is 0. The first-order valence-electron chi connectivity index (χ1n) is 17.4. The summed E-state index contributed by atoms with van der Waals surface area (Å²) in [6.07, 6.45) is 45.2. The Hall–Kier alpha value is -7.36. The molecule has 0 aromatic heterocycles. The largest absolute Gasteiger partial charge is 0.479 e. The number of rotatable bonds is 18. The van der Waals surface area contributed by atoms with Crippen LogP contribution in [0.2, 0.25) is 0 Å². The molecule has 2 aromatic carbocycles. The van der Waals surface area contributed by atoms with Gasteiger partial charge in [0.25, 0.3) is 0 Å². The van der Waals surface area contributed by atoms with Crippen LogP contribution in [0.5, 0.6) is 11.5 Å². The van der Waals surface area contributed by atoms with E-state index in [0.717, 1.165) is 45.4 Å². The van der Waals surface area contributed by atoms with E-state index >= 15 is 0 Å². The molecule has 2 aliphatic rings. The molecule has 0 bridgehead atoms. The Kier molecular flexibility index (Phi) is 15.6. The fourth-order valence-corrected chi connectivity index (χ4v) is 5.95. The van der Waals surface area contributed by atoms with Gasteiger partial charge in [-0.1, -0.05) is 60.8 Å². The van der Waals surface area contributed by atoms with Gasteiger partial charge in [0.15, 0.2) is 13.5 Å². The molecule has 0 radical (unpaired) electrons. The minimum absolute atomic E-state index is 0.0604. The highest BCUT2D eigenvalue weighted by Crippen LogP contribution is 2.34. The van der Waals surface area contributed by atoms with E-state index in [1.165, 1.54) is 0 Å². The zero-order valence-corrected chi connectivity index (χ0v) is 31.0. The van der Waals surface area contributed by atoms with Gasteiger partial charge in [0.2, 0.25) is 0 Å². The van der Waals surface area contributed by atoms with Crippen LogP contribution in [0.1, 0.15) is 17.5 Å². The molecule has 0 N–H and O–H groups in total. The Morgan fingerprint density at radius 1 is 0.727 bits per heavy atom. The third kappa shape index (κ3) is 10.8. The zero-order valence-electron chi connectivity index (χ0n) is 31.0. The molecule has 2 aromatic rings. The highest BCUT2D eigenvalue weighted by molar-refractivity contribution is 5.56. The Balaban J connectivity index is 1.62. The lowest BCUT2D eigenvalue weighted by atomic mass is 10.1. The van der Waals surface area contributed by atoms with Crippen molar-refractivity contribution in [1.82, 2.24) is 9.80 Å². The van der Waals surface area contributed by atoms with Crippen LogP contribution in [0, 0.1) is 74.1 Å². The van der Waals surface area contributed by atoms with Gasteiger partial charge in [0.1, 0.15) is 36.2 Å². The Labute approximate surface area is 327 Å². The molecule has 276 valence electrons. The molecule has 0 amide bonds. The molecule has 8 heteroatoms. The van der Waals surface area contributed by atoms with Crippen molar-refractivity contribution in [3.05, 3.63) is 120 Å². The van der Waals surface area contributed by atoms with Crippen molar-refractivity contribution in [3.8, 4) is 85.6 Å². The molecular weight excluding hydrogens is 685 g/mol. The Morgan fingerprint density at radius 3 is 1.76 bits per heavy atom. The topological polar surface area (TPSA) is 49.9 Å². The highest BCUT2D eigenvalue weighted by atomic mass is 16.5. The lowest BCUT2D eigenvalue weighted by Gasteiger charge is -2.34. The van der Waals surface area contributed by atoms with E-state index in [1.54, 1.807) is 12.2 Å². The summed E-state index contributed by atoms with van der Waals surface area (Å²) >= 11 is 0. The molecule has 8 nitrogen and oxygen atoms in total. The van der Waals surface area contributed by atoms with Crippen molar-refractivity contribution in [1.29, 1.82) is 0 Å². The monoisotopic (exact) mass is 728 g/mol. The number of benzene rings is 2. The van der Waals surface area contributed by atoms with Gasteiger partial charge in [-0.25, -0.2) is 0 Å². The van der Waals surface area contributed by atoms with Crippen molar-refractivity contribution < 1.29 is 18.9 Å². The van der Waals surface area contributed by atoms with Crippen LogP contribution in [0.4, 0.5) is 11.4 Å². The quantitative estimate of drug-likeness (QED) is 0.0990. The number of ether oxygens (including phenoxy) is 4. The van der Waals surface area contributed by atoms with E-state index in [2.05, 4.69) is 48.7 Å². The average molecular weight is 729 g/mol. The van der Waals surface area contributed by atoms with Crippen LogP contribution in [-0.4, -0.2) is 62.7 Å². The van der Waals surface area contributed by atoms with E-state index in [1.807, 2.05) is 80.3 Å². The normalized spacial score (nSPS) is 13.6. The number of terminal acetylenes is 6. The molecule has 0 saturated heterocycles. The van der Waals surface area contributed by atoms with Gasteiger partial charge < -0.3 is 38.5 Å². The molecule has 55 heavy (non-hydrogen) atoms. The third-order valence-corrected chi connectivity index (χ3v) is 8.41. The van der Waals surface area contributed by atoms with E-state index in [0.29, 0.717) is 57.2 Å². The number of nitrogens with zero attached hydrogens (tertiary/aromatic N) is 4. The van der Waals surface area contributed by atoms with Gasteiger partial charge in [0, 0.05) is 22.5 Å². The number of hydrogen-bond donors (Lipinski definition) is 0. The van der Waals surface area contributed by atoms with E-state index in [4.69, 9.17) is 57.5 Å². The minimum atomic E-state index is 0.0604. The summed E-state index contributed by atoms with van der Waals surface area (Å²) in [6, 6.07) is 11.8. The summed E-state index contributed by atoms with van der Waals surface area (Å²) in [7, 11) is 0. The van der Waals surface area contributed by atoms with Crippen molar-refractivity contribution in [2.24, 2.45) is 0 Å². The molecule has 0 saturated carbocycles. The van der Waals surface area contributed by atoms with Gasteiger partial charge in [-0.05, 0) is 67.1 Å². The van der Waals surface area contributed by atoms with Crippen molar-refractivity contribution in [2.75, 3.05) is 62.7 Å². The third-order valence-electron chi connectivity index (χ3n) is 8.41. The number of allylic oxidation sites excluding steroid dienone is 6. The molecule has 0 fully saturated rings. The SMILES string of the molecule is C#CCO/C(C=C)=C(/C=CC/C=C(OCC#C)\C(=C/C=C)N1COc2ccc(N(CC#C)CC#C)cc2C1)N1COc2ccc(N(CC#C)CC#C)cc2C1. The van der Waals surface area contributed by atoms with E-state index < -0.39 is 0 Å². The lowest BCUT2D eigenvalue weighted by molar-refractivity contribution is 0.116. The molecule has 0 aliphatic carbocycles. The lowest BCUT2D eigenvalue weighted by Crippen LogP contribution is -2.33. The molecule has 2 heterocycles. The van der Waals surface area contributed by atoms with Crippen LogP contribution in [0.15, 0.2) is 109 Å². The summed E-state index contributed by atoms with van der Waals surface area (Å²) < 4.78 is 24.4. The molecule has 0 atom stereocenters. The molecular formula is C47H44N4O4. The van der Waals surface area contributed by atoms with Crippen LogP contribution < -0.4 is 19.3 Å². The first-order valence-corrected chi connectivity index (χ1v) is 17.4. The second-order valence-corrected chi connectivity index (χ2v) is 12.0. The maximum absolute atomic E-state index is 6.18. The standard InChI is InChI=1S/C47H44N4O4/c1-9-19-42(50-34-38-32-40(22-24-45(38)54-36-50)48(26-10-2)27-11-3)47(53-31-15-7)21-18-17-20-43(44(16-8)52-30-14-6)51-35-39-33-41(23-25-46(39)55-37-51)49(28-12-4)29-13-5/h2-7,9,16-17,19-25,32-33H,1,8,18,26-31,34-37H2/b20-17?,42-19+,44-43-,47-21+. The van der Waals surface area contributed by atoms with Gasteiger partial charge in [-0.2, -0.15) is 0 Å². The van der Waals surface area contributed by atoms with Crippen molar-refractivity contribution in [2.45, 2.75) is 19.5 Å². The maximum Gasteiger partial charge on any atom is 0.161 e. The molecule has 0 spiro atoms. The smallest absolute Gasteiger partial charge is 0.161 e. The van der Waals surface area contributed by atoms with Crippen molar-refractivity contribution in [3.63, 3.8) is 0 Å². The van der Waals surface area contributed by atoms with E-state index in [9.17, 15) is 0 Å². The van der Waals surface area contributed by atoms with Crippen LogP contribution >= 0.6 is 0 Å². The van der Waals surface area contributed by atoms with Gasteiger partial charge in [-0.3, -0.25) is 0 Å². The summed E-state index contributed by atoms with van der Waals surface area (Å²) in [5.74, 6) is 18.4. The summed E-state index contributed by atoms with van der Waals surface area (Å²) in [6.45, 7) is 11.2. The minimum Gasteiger partial charge on any atom is -0.479 e. The second-order valence-electron chi connectivity index (χ2n) is 12.0. The van der Waals surface area contributed by atoms with Crippen molar-refractivity contribution >= 4 is 11.4 Å². The summed E-state index contributed by atoms with van der Waals surface area (Å²) in [5.41, 5.74) is 5.21. The Morgan fingerprint density at radius 2 is 1.25 bits per heavy atom. The average Bonchev–Trinajstić information content (AvgIpc) is 3.21. The van der Waals surface area contributed by atoms with Gasteiger partial charge in [0.05, 0.1) is 50.7 Å². The second kappa shape index (κ2) is 21.2. The van der Waals surface area contributed by atoms with Crippen LogP contribution in [-0.2, 0) is 22.6 Å². The van der Waals surface area contributed by atoms with E-state index in [-0.39, 0.29) is 26.7 Å². The summed E-state index contributed by atoms with van der Waals surface area (Å²) in [4.78, 5) is 7.99. The first kappa shape index (κ1) is 40.4. The van der Waals surface area contributed by atoms with Crippen LogP contribution in [0.25, 0.3) is 0 Å². The molecule has 2 aliphatic heterocycles. The highest BCUT2D eigenvalue weighted by Gasteiger charge is 2.24. The maximum atomic E-state index is 6.18. The fourth-order valence-electron chi connectivity index (χ4n) is 5.95. The first-order chi connectivity index (χ1) is 26.9. The zero-order chi connectivity index (χ0) is 39.4. The number of fused-ring (bicyclic) bond motifs is 2. The number of hydrogen-bond acceptors (Lipinski definition) is 8. The van der Waals surface area contributed by atoms with Gasteiger partial charge >= 0.3 is 0 Å². The Bertz CT molecular complexity index is 2070. The predicted molar refractivity (Wildman–Crippen MR) is 222 cm³/mol. The van der Waals surface area contributed by atoms with Crippen LogP contribution in [0.3, 0.4) is 0 Å².